The molecule has 0 aromatic carbocycles. The summed E-state index contributed by atoms with van der Waals surface area (Å²) in [7, 11) is 0. The van der Waals surface area contributed by atoms with Crippen LogP contribution in [-0.2, 0) is 22.4 Å². The zero-order valence-corrected chi connectivity index (χ0v) is 11.2. The summed E-state index contributed by atoms with van der Waals surface area (Å²) >= 11 is -10.7. The third-order valence-corrected chi connectivity index (χ3v) is 0. The number of halogens is 4. The topological polar surface area (TPSA) is 65.6 Å². The van der Waals surface area contributed by atoms with Gasteiger partial charge in [-0.15, -0.1) is 0 Å². The van der Waals surface area contributed by atoms with Crippen LogP contribution in [0.5, 0.6) is 0 Å². The Balaban J connectivity index is -0.0000000600. The Labute approximate surface area is 98.1 Å². The van der Waals surface area contributed by atoms with Crippen molar-refractivity contribution in [3.63, 3.8) is 0 Å². The molecule has 0 amide bonds. The fraction of sp³-hybridized carbons (Fsp3) is 0. The molecule has 0 unspecified atom stereocenters. The quantitative estimate of drug-likeness (QED) is 0.325. The second-order valence-corrected chi connectivity index (χ2v) is 5.45. The van der Waals surface area contributed by atoms with Crippen molar-refractivity contribution in [2.75, 3.05) is 0 Å². The van der Waals surface area contributed by atoms with Gasteiger partial charge in [0.15, 0.2) is 0 Å². The van der Waals surface area contributed by atoms with Crippen LogP contribution in [0.25, 0.3) is 0 Å². The minimum atomic E-state index is -10.7. The van der Waals surface area contributed by atoms with E-state index in [1.165, 1.54) is 0 Å². The first-order valence-electron chi connectivity index (χ1n) is 0.951. The van der Waals surface area contributed by atoms with Gasteiger partial charge in [0.25, 0.3) is 0 Å². The van der Waals surface area contributed by atoms with E-state index >= 15 is 0 Å². The van der Waals surface area contributed by atoms with E-state index in [4.69, 9.17) is 6.80 Å². The molecule has 0 bridgehead atoms. The van der Waals surface area contributed by atoms with Crippen molar-refractivity contribution in [1.29, 1.82) is 0 Å². The van der Waals surface area contributed by atoms with Crippen molar-refractivity contribution >= 4 is 0 Å². The molecule has 0 aliphatic carbocycles. The Hall–Kier alpha value is 1.97. The van der Waals surface area contributed by atoms with E-state index in [2.05, 4.69) is 0 Å². The molecule has 2 N–H and O–H groups in total. The summed E-state index contributed by atoms with van der Waals surface area (Å²) in [6.07, 6.45) is 0. The molecule has 0 radical (unpaired) electrons. The molecule has 0 rings (SSSR count). The van der Waals surface area contributed by atoms with Crippen LogP contribution in [0.4, 0.5) is 12.6 Å². The Morgan fingerprint density at radius 2 is 0.800 bits per heavy atom. The van der Waals surface area contributed by atoms with E-state index in [0.717, 1.165) is 0 Å². The van der Waals surface area contributed by atoms with E-state index in [-0.39, 0.29) is 64.6 Å². The summed E-state index contributed by atoms with van der Waals surface area (Å²) in [4.78, 5) is 0. The van der Waals surface area contributed by atoms with Gasteiger partial charge in [-0.3, -0.25) is 0 Å². The fourth-order valence-corrected chi connectivity index (χ4v) is 0. The van der Waals surface area contributed by atoms with Crippen LogP contribution < -0.4 is 59.1 Å². The van der Waals surface area contributed by atoms with Crippen molar-refractivity contribution in [3.05, 3.63) is 0 Å². The average molecular weight is 268 g/mol. The predicted molar refractivity (Wildman–Crippen MR) is 9.42 cm³/mol. The van der Waals surface area contributed by atoms with Crippen molar-refractivity contribution in [1.82, 2.24) is 0 Å². The van der Waals surface area contributed by atoms with Crippen LogP contribution in [0.15, 0.2) is 0 Å². The molecule has 0 spiro atoms. The summed E-state index contributed by atoms with van der Waals surface area (Å²) < 4.78 is 57.0. The van der Waals surface area contributed by atoms with Crippen LogP contribution >= 0.6 is 0 Å². The molecule has 10 heteroatoms. The van der Waals surface area contributed by atoms with Gasteiger partial charge in [0, 0.05) is 0 Å². The molecule has 0 aliphatic heterocycles. The van der Waals surface area contributed by atoms with Crippen molar-refractivity contribution in [3.8, 4) is 0 Å². The first-order chi connectivity index (χ1) is 2.45. The van der Waals surface area contributed by atoms with Gasteiger partial charge in [-0.25, -0.2) is 0 Å². The maximum atomic E-state index is 10.1. The van der Waals surface area contributed by atoms with Gasteiger partial charge in [0.05, 0.1) is 0 Å². The van der Waals surface area contributed by atoms with Crippen molar-refractivity contribution < 1.29 is 99.6 Å². The third-order valence-electron chi connectivity index (χ3n) is 0. The van der Waals surface area contributed by atoms with Gasteiger partial charge >= 0.3 is 94.1 Å². The van der Waals surface area contributed by atoms with Crippen molar-refractivity contribution in [2.45, 2.75) is 0 Å². The molecule has 56 valence electrons. The van der Waals surface area contributed by atoms with E-state index in [1.807, 2.05) is 0 Å². The molecule has 0 aromatic heterocycles. The minimum absolute atomic E-state index is 0. The summed E-state index contributed by atoms with van der Waals surface area (Å²) in [5.74, 6) is 0. The average Bonchev–Trinajstić information content (AvgIpc) is 0.592. The normalized spacial score (nSPS) is 16.0. The fourth-order valence-electron chi connectivity index (χ4n) is 0. The Morgan fingerprint density at radius 3 is 0.800 bits per heavy atom. The molecular weight excluding hydrogens is 266 g/mol. The van der Waals surface area contributed by atoms with Gasteiger partial charge in [0.2, 0.25) is 0 Å². The van der Waals surface area contributed by atoms with E-state index in [0.29, 0.717) is 0 Å². The second kappa shape index (κ2) is 3.79. The summed E-state index contributed by atoms with van der Waals surface area (Å²) in [5, 5.41) is 0. The maximum absolute atomic E-state index is 10.7. The van der Waals surface area contributed by atoms with Gasteiger partial charge in [-0.2, -0.15) is 0 Å². The number of hydrogen-bond acceptors (Lipinski definition) is 2. The zero-order chi connectivity index (χ0) is 6.41. The van der Waals surface area contributed by atoms with Crippen LogP contribution in [0, 0.1) is 0 Å². The number of hydrogen-bond donors (Lipinski definition) is 0. The molecule has 0 aromatic rings. The molecule has 3 nitrogen and oxygen atoms in total. The molecule has 10 heavy (non-hydrogen) atoms. The molecule has 0 atom stereocenters. The molecular formula is H2F4MoNa2O3. The molecule has 0 fully saturated rings. The summed E-state index contributed by atoms with van der Waals surface area (Å²) in [6, 6.07) is 0. The first kappa shape index (κ1) is 22.7. The van der Waals surface area contributed by atoms with E-state index in [1.54, 1.807) is 0 Å². The van der Waals surface area contributed by atoms with Gasteiger partial charge in [-0.1, -0.05) is 0 Å². The van der Waals surface area contributed by atoms with Gasteiger partial charge < -0.3 is 5.48 Å². The summed E-state index contributed by atoms with van der Waals surface area (Å²) in [5.41, 5.74) is 0. The molecule has 0 heterocycles. The standard InChI is InChI=1S/4FH.Mo.2Na.H2O.2O/h4*1H;;;;1H2;;/q;;;;+2;2*+1;;;/p-4. The SMILES string of the molecule is O.[Na+].[Na+].[O]=[Mo-2](=[O])([F])([F])([F])[F]. The van der Waals surface area contributed by atoms with Gasteiger partial charge in [0.1, 0.15) is 0 Å². The molecule has 0 saturated heterocycles. The molecule has 0 saturated carbocycles. The monoisotopic (exact) mass is 270 g/mol. The van der Waals surface area contributed by atoms with Crippen LogP contribution in [0.1, 0.15) is 0 Å². The summed E-state index contributed by atoms with van der Waals surface area (Å²) in [6.45, 7) is 0. The van der Waals surface area contributed by atoms with Gasteiger partial charge in [-0.05, 0) is 0 Å². The Kier molecular flexibility index (Phi) is 8.58. The first-order valence-corrected chi connectivity index (χ1v) is 5.62. The van der Waals surface area contributed by atoms with E-state index < -0.39 is 15.6 Å². The Morgan fingerprint density at radius 1 is 0.800 bits per heavy atom. The predicted octanol–water partition coefficient (Wildman–Crippen LogP) is -5.38. The zero-order valence-electron chi connectivity index (χ0n) is 5.24. The van der Waals surface area contributed by atoms with Crippen LogP contribution in [0.3, 0.4) is 0 Å². The van der Waals surface area contributed by atoms with Crippen LogP contribution in [0.2, 0.25) is 0 Å². The van der Waals surface area contributed by atoms with Crippen molar-refractivity contribution in [2.24, 2.45) is 0 Å². The second-order valence-electron chi connectivity index (χ2n) is 0.922. The van der Waals surface area contributed by atoms with E-state index in [9.17, 15) is 12.6 Å². The third kappa shape index (κ3) is 207. The number of rotatable bonds is 0. The Bertz CT molecular complexity index is 198. The molecule has 0 aliphatic rings. The van der Waals surface area contributed by atoms with Crippen LogP contribution in [-0.4, -0.2) is 5.48 Å².